The Labute approximate surface area is 143 Å². The van der Waals surface area contributed by atoms with Crippen LogP contribution in [0.3, 0.4) is 0 Å². The topological polar surface area (TPSA) is 93.0 Å². The van der Waals surface area contributed by atoms with Crippen LogP contribution in [0, 0.1) is 5.92 Å². The number of nitrogens with zero attached hydrogens (tertiary/aromatic N) is 1. The first-order chi connectivity index (χ1) is 11.6. The molecule has 134 valence electrons. The number of carbonyl (C=O) groups is 1. The van der Waals surface area contributed by atoms with Gasteiger partial charge in [-0.2, -0.15) is 0 Å². The highest BCUT2D eigenvalue weighted by Gasteiger charge is 2.42. The van der Waals surface area contributed by atoms with Gasteiger partial charge < -0.3 is 20.6 Å². The van der Waals surface area contributed by atoms with Crippen LogP contribution < -0.4 is 5.32 Å². The molecule has 4 unspecified atom stereocenters. The molecule has 1 saturated heterocycles. The van der Waals surface area contributed by atoms with E-state index in [9.17, 15) is 20.1 Å². The van der Waals surface area contributed by atoms with Crippen molar-refractivity contribution in [3.05, 3.63) is 35.9 Å². The first-order valence-electron chi connectivity index (χ1n) is 8.60. The average molecular weight is 336 g/mol. The van der Waals surface area contributed by atoms with Crippen molar-refractivity contribution in [1.82, 2.24) is 10.2 Å². The van der Waals surface area contributed by atoms with Crippen molar-refractivity contribution in [2.45, 2.75) is 44.6 Å². The van der Waals surface area contributed by atoms with Crippen LogP contribution in [0.4, 0.5) is 0 Å². The van der Waals surface area contributed by atoms with Gasteiger partial charge in [-0.05, 0) is 18.4 Å². The van der Waals surface area contributed by atoms with Crippen molar-refractivity contribution in [3.63, 3.8) is 0 Å². The highest BCUT2D eigenvalue weighted by Crippen LogP contribution is 2.26. The summed E-state index contributed by atoms with van der Waals surface area (Å²) in [5, 5.41) is 33.2. The zero-order chi connectivity index (χ0) is 17.5. The van der Waals surface area contributed by atoms with Gasteiger partial charge in [0.1, 0.15) is 6.23 Å². The predicted octanol–water partition coefficient (Wildman–Crippen LogP) is 0.117. The summed E-state index contributed by atoms with van der Waals surface area (Å²) < 4.78 is 0. The molecule has 0 bridgehead atoms. The molecule has 1 heterocycles. The summed E-state index contributed by atoms with van der Waals surface area (Å²) in [6.07, 6.45) is 0.156. The van der Waals surface area contributed by atoms with Crippen LogP contribution >= 0.6 is 0 Å². The molecular formula is C18H28N2O4. The molecule has 0 aromatic heterocycles. The number of hydrogen-bond acceptors (Lipinski definition) is 5. The standard InChI is InChI=1S/C18H28N2O4/c1-2-16(22)19-10-14-11-20(15(12-21)18(14)24)17(23)9-8-13-6-4-3-5-7-13/h3-7,14-15,17-18,21,23-24H,2,8-12H2,1H3,(H,19,22). The van der Waals surface area contributed by atoms with E-state index < -0.39 is 18.4 Å². The lowest BCUT2D eigenvalue weighted by atomic mass is 10.0. The summed E-state index contributed by atoms with van der Waals surface area (Å²) in [6, 6.07) is 9.40. The third-order valence-electron chi connectivity index (χ3n) is 4.73. The van der Waals surface area contributed by atoms with E-state index in [0.717, 1.165) is 12.0 Å². The number of amides is 1. The number of hydrogen-bond donors (Lipinski definition) is 4. The molecule has 24 heavy (non-hydrogen) atoms. The lowest BCUT2D eigenvalue weighted by Gasteiger charge is -2.29. The van der Waals surface area contributed by atoms with E-state index >= 15 is 0 Å². The first-order valence-corrected chi connectivity index (χ1v) is 8.60. The van der Waals surface area contributed by atoms with Crippen molar-refractivity contribution in [2.24, 2.45) is 5.92 Å². The Morgan fingerprint density at radius 1 is 1.38 bits per heavy atom. The molecule has 2 rings (SSSR count). The molecule has 0 saturated carbocycles. The second kappa shape index (κ2) is 9.13. The normalized spacial score (nSPS) is 25.6. The molecule has 1 aromatic carbocycles. The summed E-state index contributed by atoms with van der Waals surface area (Å²) >= 11 is 0. The molecule has 6 nitrogen and oxygen atoms in total. The number of likely N-dealkylation sites (tertiary alicyclic amines) is 1. The lowest BCUT2D eigenvalue weighted by molar-refractivity contribution is -0.121. The van der Waals surface area contributed by atoms with E-state index in [4.69, 9.17) is 0 Å². The number of nitrogens with one attached hydrogen (secondary N) is 1. The van der Waals surface area contributed by atoms with Crippen LogP contribution in [-0.2, 0) is 11.2 Å². The van der Waals surface area contributed by atoms with E-state index in [-0.39, 0.29) is 18.4 Å². The molecule has 1 aliphatic heterocycles. The van der Waals surface area contributed by atoms with Gasteiger partial charge in [0, 0.05) is 25.4 Å². The van der Waals surface area contributed by atoms with Gasteiger partial charge in [0.25, 0.3) is 0 Å². The van der Waals surface area contributed by atoms with Gasteiger partial charge in [-0.25, -0.2) is 0 Å². The van der Waals surface area contributed by atoms with Crippen LogP contribution in [-0.4, -0.2) is 64.2 Å². The van der Waals surface area contributed by atoms with Gasteiger partial charge in [-0.15, -0.1) is 0 Å². The molecule has 1 fully saturated rings. The molecule has 4 N–H and O–H groups in total. The number of benzene rings is 1. The van der Waals surface area contributed by atoms with Crippen LogP contribution in [0.1, 0.15) is 25.3 Å². The van der Waals surface area contributed by atoms with Crippen molar-refractivity contribution >= 4 is 5.91 Å². The van der Waals surface area contributed by atoms with Gasteiger partial charge >= 0.3 is 0 Å². The van der Waals surface area contributed by atoms with Crippen LogP contribution in [0.15, 0.2) is 30.3 Å². The van der Waals surface area contributed by atoms with Crippen molar-refractivity contribution < 1.29 is 20.1 Å². The second-order valence-corrected chi connectivity index (χ2v) is 6.36. The average Bonchev–Trinajstić information content (AvgIpc) is 2.94. The smallest absolute Gasteiger partial charge is 0.219 e. The fourth-order valence-electron chi connectivity index (χ4n) is 3.24. The molecule has 6 heteroatoms. The minimum Gasteiger partial charge on any atom is -0.395 e. The summed E-state index contributed by atoms with van der Waals surface area (Å²) in [7, 11) is 0. The summed E-state index contributed by atoms with van der Waals surface area (Å²) in [4.78, 5) is 13.1. The van der Waals surface area contributed by atoms with Gasteiger partial charge in [0.05, 0.1) is 18.8 Å². The minimum absolute atomic E-state index is 0.0641. The molecule has 4 atom stereocenters. The van der Waals surface area contributed by atoms with Gasteiger partial charge in [-0.1, -0.05) is 37.3 Å². The number of carbonyl (C=O) groups excluding carboxylic acids is 1. The maximum Gasteiger partial charge on any atom is 0.219 e. The number of rotatable bonds is 8. The van der Waals surface area contributed by atoms with E-state index in [1.54, 1.807) is 11.8 Å². The fraction of sp³-hybridized carbons (Fsp3) is 0.611. The molecule has 1 amide bonds. The van der Waals surface area contributed by atoms with Crippen molar-refractivity contribution in [1.29, 1.82) is 0 Å². The maximum absolute atomic E-state index is 11.4. The number of aliphatic hydroxyl groups excluding tert-OH is 3. The van der Waals surface area contributed by atoms with E-state index in [1.807, 2.05) is 30.3 Å². The Morgan fingerprint density at radius 3 is 2.71 bits per heavy atom. The van der Waals surface area contributed by atoms with Gasteiger partial charge in [0.2, 0.25) is 5.91 Å². The first kappa shape index (κ1) is 18.9. The minimum atomic E-state index is -0.765. The molecular weight excluding hydrogens is 308 g/mol. The number of aryl methyl sites for hydroxylation is 1. The highest BCUT2D eigenvalue weighted by atomic mass is 16.3. The van der Waals surface area contributed by atoms with E-state index in [0.29, 0.717) is 25.9 Å². The third-order valence-corrected chi connectivity index (χ3v) is 4.73. The molecule has 0 radical (unpaired) electrons. The Balaban J connectivity index is 1.91. The van der Waals surface area contributed by atoms with Crippen LogP contribution in [0.25, 0.3) is 0 Å². The zero-order valence-electron chi connectivity index (χ0n) is 14.1. The Bertz CT molecular complexity index is 511. The summed E-state index contributed by atoms with van der Waals surface area (Å²) in [5.74, 6) is -0.255. The highest BCUT2D eigenvalue weighted by molar-refractivity contribution is 5.75. The SMILES string of the molecule is CCC(=O)NCC1CN(C(O)CCc2ccccc2)C(CO)C1O. The van der Waals surface area contributed by atoms with Crippen molar-refractivity contribution in [3.8, 4) is 0 Å². The molecule has 1 aromatic rings. The fourth-order valence-corrected chi connectivity index (χ4v) is 3.24. The Kier molecular flexibility index (Phi) is 7.17. The second-order valence-electron chi connectivity index (χ2n) is 6.36. The van der Waals surface area contributed by atoms with Crippen LogP contribution in [0.5, 0.6) is 0 Å². The maximum atomic E-state index is 11.4. The largest absolute Gasteiger partial charge is 0.395 e. The Hall–Kier alpha value is -1.47. The Morgan fingerprint density at radius 2 is 2.08 bits per heavy atom. The molecule has 0 aliphatic carbocycles. The number of aliphatic hydroxyl groups is 3. The molecule has 1 aliphatic rings. The van der Waals surface area contributed by atoms with Gasteiger partial charge in [-0.3, -0.25) is 9.69 Å². The summed E-state index contributed by atoms with van der Waals surface area (Å²) in [6.45, 7) is 2.36. The van der Waals surface area contributed by atoms with E-state index in [2.05, 4.69) is 5.32 Å². The zero-order valence-corrected chi connectivity index (χ0v) is 14.1. The third kappa shape index (κ3) is 4.77. The van der Waals surface area contributed by atoms with Crippen molar-refractivity contribution in [2.75, 3.05) is 19.7 Å². The summed E-state index contributed by atoms with van der Waals surface area (Å²) in [5.41, 5.74) is 1.14. The monoisotopic (exact) mass is 336 g/mol. The predicted molar refractivity (Wildman–Crippen MR) is 91.1 cm³/mol. The lowest BCUT2D eigenvalue weighted by Crippen LogP contribution is -2.44. The van der Waals surface area contributed by atoms with E-state index in [1.165, 1.54) is 0 Å². The molecule has 0 spiro atoms. The van der Waals surface area contributed by atoms with Gasteiger partial charge in [0.15, 0.2) is 0 Å². The quantitative estimate of drug-likeness (QED) is 0.541. The van der Waals surface area contributed by atoms with Crippen LogP contribution in [0.2, 0.25) is 0 Å².